The Hall–Kier alpha value is -3.67. The van der Waals surface area contributed by atoms with Crippen LogP contribution in [0.25, 0.3) is 0 Å². The van der Waals surface area contributed by atoms with Gasteiger partial charge in [0.1, 0.15) is 0 Å². The van der Waals surface area contributed by atoms with Crippen molar-refractivity contribution < 1.29 is 9.59 Å². The van der Waals surface area contributed by atoms with E-state index in [2.05, 4.69) is 15.6 Å². The fourth-order valence-corrected chi connectivity index (χ4v) is 2.64. The minimum Gasteiger partial charge on any atom is -0.332 e. The monoisotopic (exact) mass is 360 g/mol. The van der Waals surface area contributed by atoms with Crippen LogP contribution in [0.1, 0.15) is 12.6 Å². The Labute approximate surface area is 157 Å². The molecule has 3 aromatic rings. The maximum atomic E-state index is 12.9. The molecule has 0 fully saturated rings. The van der Waals surface area contributed by atoms with Gasteiger partial charge in [-0.1, -0.05) is 36.4 Å². The van der Waals surface area contributed by atoms with Gasteiger partial charge in [-0.05, 0) is 36.4 Å². The summed E-state index contributed by atoms with van der Waals surface area (Å²) < 4.78 is 0. The normalized spacial score (nSPS) is 10.1. The van der Waals surface area contributed by atoms with Gasteiger partial charge in [0.15, 0.2) is 0 Å². The van der Waals surface area contributed by atoms with Crippen LogP contribution in [0, 0.1) is 0 Å². The van der Waals surface area contributed by atoms with Crippen LogP contribution in [0.4, 0.5) is 21.9 Å². The molecule has 6 heteroatoms. The number of rotatable bonds is 5. The number of hydrogen-bond acceptors (Lipinski definition) is 3. The van der Waals surface area contributed by atoms with E-state index in [1.54, 1.807) is 23.2 Å². The lowest BCUT2D eigenvalue weighted by molar-refractivity contribution is -0.114. The Morgan fingerprint density at radius 3 is 2.07 bits per heavy atom. The van der Waals surface area contributed by atoms with Gasteiger partial charge in [0.05, 0.1) is 23.6 Å². The van der Waals surface area contributed by atoms with E-state index in [0.29, 0.717) is 11.4 Å². The second kappa shape index (κ2) is 8.62. The van der Waals surface area contributed by atoms with Crippen LogP contribution in [0.15, 0.2) is 79.0 Å². The SMILES string of the molecule is CC(=O)Nc1ccnc(CNC(=O)N(c2ccccc2)c2ccccc2)c1. The summed E-state index contributed by atoms with van der Waals surface area (Å²) in [6.45, 7) is 1.68. The smallest absolute Gasteiger partial charge is 0.326 e. The van der Waals surface area contributed by atoms with Crippen LogP contribution in [0.3, 0.4) is 0 Å². The third kappa shape index (κ3) is 4.92. The molecular formula is C21H20N4O2. The Bertz CT molecular complexity index is 874. The molecule has 0 saturated heterocycles. The first-order chi connectivity index (χ1) is 13.1. The average molecular weight is 360 g/mol. The molecule has 6 nitrogen and oxygen atoms in total. The highest BCUT2D eigenvalue weighted by atomic mass is 16.2. The summed E-state index contributed by atoms with van der Waals surface area (Å²) in [4.78, 5) is 29.9. The molecule has 136 valence electrons. The van der Waals surface area contributed by atoms with Gasteiger partial charge in [0.25, 0.3) is 0 Å². The molecule has 0 unspecified atom stereocenters. The average Bonchev–Trinajstić information content (AvgIpc) is 2.68. The lowest BCUT2D eigenvalue weighted by Crippen LogP contribution is -2.36. The summed E-state index contributed by atoms with van der Waals surface area (Å²) in [5.41, 5.74) is 2.82. The fraction of sp³-hybridized carbons (Fsp3) is 0.0952. The van der Waals surface area contributed by atoms with Crippen LogP contribution in [-0.4, -0.2) is 16.9 Å². The Balaban J connectivity index is 1.77. The summed E-state index contributed by atoms with van der Waals surface area (Å²) >= 11 is 0. The molecular weight excluding hydrogens is 340 g/mol. The second-order valence-electron chi connectivity index (χ2n) is 5.88. The molecule has 1 heterocycles. The van der Waals surface area contributed by atoms with Gasteiger partial charge in [-0.3, -0.25) is 14.7 Å². The number of pyridine rings is 1. The number of nitrogens with one attached hydrogen (secondary N) is 2. The van der Waals surface area contributed by atoms with E-state index in [1.807, 2.05) is 60.7 Å². The predicted molar refractivity (Wildman–Crippen MR) is 106 cm³/mol. The molecule has 0 aliphatic carbocycles. The van der Waals surface area contributed by atoms with Gasteiger partial charge >= 0.3 is 6.03 Å². The van der Waals surface area contributed by atoms with Crippen molar-refractivity contribution in [3.05, 3.63) is 84.7 Å². The maximum absolute atomic E-state index is 12.9. The van der Waals surface area contributed by atoms with E-state index in [0.717, 1.165) is 11.4 Å². The van der Waals surface area contributed by atoms with Crippen LogP contribution >= 0.6 is 0 Å². The largest absolute Gasteiger partial charge is 0.332 e. The number of carbonyl (C=O) groups excluding carboxylic acids is 2. The van der Waals surface area contributed by atoms with E-state index in [-0.39, 0.29) is 18.5 Å². The van der Waals surface area contributed by atoms with Crippen molar-refractivity contribution in [1.29, 1.82) is 0 Å². The molecule has 0 aliphatic heterocycles. The Morgan fingerprint density at radius 2 is 1.52 bits per heavy atom. The first-order valence-electron chi connectivity index (χ1n) is 8.54. The first kappa shape index (κ1) is 18.1. The highest BCUT2D eigenvalue weighted by Gasteiger charge is 2.17. The molecule has 3 rings (SSSR count). The zero-order valence-electron chi connectivity index (χ0n) is 14.9. The standard InChI is InChI=1S/C21H20N4O2/c1-16(26)24-17-12-13-22-18(14-17)15-23-21(27)25(19-8-4-2-5-9-19)20-10-6-3-7-11-20/h2-14H,15H2,1H3,(H,23,27)(H,22,24,26). The third-order valence-corrected chi connectivity index (χ3v) is 3.79. The minimum atomic E-state index is -0.265. The molecule has 0 bridgehead atoms. The van der Waals surface area contributed by atoms with E-state index < -0.39 is 0 Å². The van der Waals surface area contributed by atoms with Gasteiger partial charge in [-0.2, -0.15) is 0 Å². The van der Waals surface area contributed by atoms with Crippen molar-refractivity contribution in [2.75, 3.05) is 10.2 Å². The number of nitrogens with zero attached hydrogens (tertiary/aromatic N) is 2. The molecule has 0 aliphatic rings. The fourth-order valence-electron chi connectivity index (χ4n) is 2.64. The molecule has 2 N–H and O–H groups in total. The van der Waals surface area contributed by atoms with Crippen molar-refractivity contribution in [1.82, 2.24) is 10.3 Å². The summed E-state index contributed by atoms with van der Waals surface area (Å²) in [5.74, 6) is -0.157. The van der Waals surface area contributed by atoms with Gasteiger partial charge in [-0.25, -0.2) is 4.79 Å². The number of carbonyl (C=O) groups is 2. The minimum absolute atomic E-state index is 0.157. The van der Waals surface area contributed by atoms with E-state index in [1.165, 1.54) is 6.92 Å². The van der Waals surface area contributed by atoms with Crippen LogP contribution in [0.5, 0.6) is 0 Å². The second-order valence-corrected chi connectivity index (χ2v) is 5.88. The molecule has 2 aromatic carbocycles. The quantitative estimate of drug-likeness (QED) is 0.720. The number of aromatic nitrogens is 1. The number of hydrogen-bond donors (Lipinski definition) is 2. The molecule has 27 heavy (non-hydrogen) atoms. The molecule has 0 spiro atoms. The number of urea groups is 1. The summed E-state index contributed by atoms with van der Waals surface area (Å²) in [7, 11) is 0. The van der Waals surface area contributed by atoms with E-state index in [9.17, 15) is 9.59 Å². The number of benzene rings is 2. The zero-order chi connectivity index (χ0) is 19.1. The molecule has 0 radical (unpaired) electrons. The summed E-state index contributed by atoms with van der Waals surface area (Å²) in [5, 5.41) is 5.59. The first-order valence-corrected chi connectivity index (χ1v) is 8.54. The Morgan fingerprint density at radius 1 is 0.926 bits per heavy atom. The summed E-state index contributed by atoms with van der Waals surface area (Å²) in [6, 6.07) is 22.0. The lowest BCUT2D eigenvalue weighted by Gasteiger charge is -2.23. The van der Waals surface area contributed by atoms with Crippen LogP contribution in [-0.2, 0) is 11.3 Å². The number of amides is 3. The van der Waals surface area contributed by atoms with Crippen molar-refractivity contribution in [3.63, 3.8) is 0 Å². The van der Waals surface area contributed by atoms with E-state index >= 15 is 0 Å². The zero-order valence-corrected chi connectivity index (χ0v) is 14.9. The van der Waals surface area contributed by atoms with Crippen LogP contribution in [0.2, 0.25) is 0 Å². The van der Waals surface area contributed by atoms with Gasteiger partial charge in [-0.15, -0.1) is 0 Å². The molecule has 0 saturated carbocycles. The molecule has 3 amide bonds. The highest BCUT2D eigenvalue weighted by molar-refractivity contribution is 5.99. The summed E-state index contributed by atoms with van der Waals surface area (Å²) in [6.07, 6.45) is 1.60. The van der Waals surface area contributed by atoms with Crippen molar-refractivity contribution in [2.24, 2.45) is 0 Å². The number of anilines is 3. The van der Waals surface area contributed by atoms with E-state index in [4.69, 9.17) is 0 Å². The lowest BCUT2D eigenvalue weighted by atomic mass is 10.2. The van der Waals surface area contributed by atoms with Crippen molar-refractivity contribution in [3.8, 4) is 0 Å². The van der Waals surface area contributed by atoms with Gasteiger partial charge in [0.2, 0.25) is 5.91 Å². The van der Waals surface area contributed by atoms with Crippen LogP contribution < -0.4 is 15.5 Å². The topological polar surface area (TPSA) is 74.3 Å². The van der Waals surface area contributed by atoms with Gasteiger partial charge < -0.3 is 10.6 Å². The maximum Gasteiger partial charge on any atom is 0.326 e. The molecule has 0 atom stereocenters. The van der Waals surface area contributed by atoms with Crippen molar-refractivity contribution >= 4 is 29.0 Å². The van der Waals surface area contributed by atoms with Crippen molar-refractivity contribution in [2.45, 2.75) is 13.5 Å². The number of para-hydroxylation sites is 2. The highest BCUT2D eigenvalue weighted by Crippen LogP contribution is 2.24. The predicted octanol–water partition coefficient (Wildman–Crippen LogP) is 4.09. The third-order valence-electron chi connectivity index (χ3n) is 3.79. The Kier molecular flexibility index (Phi) is 5.79. The van der Waals surface area contributed by atoms with Gasteiger partial charge in [0, 0.05) is 18.8 Å². The molecule has 1 aromatic heterocycles.